The first-order valence-electron chi connectivity index (χ1n) is 7.69. The molecule has 1 aliphatic rings. The molecule has 1 aliphatic carbocycles. The van der Waals surface area contributed by atoms with Gasteiger partial charge in [0.15, 0.2) is 5.82 Å². The standard InChI is InChI=1S/C15H19N5O4S.ClH/c1-9(21)17-10-4-5-12(20-25(2,22)23)11(8-10)13-18-14(19-24-13)15(16)6-3-7-15;/h4-5,8,20H,3,6-7,16H2,1-2H3,(H,17,21);1H. The van der Waals surface area contributed by atoms with Crippen molar-refractivity contribution in [1.82, 2.24) is 10.1 Å². The van der Waals surface area contributed by atoms with E-state index < -0.39 is 15.6 Å². The van der Waals surface area contributed by atoms with Crippen molar-refractivity contribution < 1.29 is 17.7 Å². The summed E-state index contributed by atoms with van der Waals surface area (Å²) in [6.07, 6.45) is 3.58. The molecule has 0 saturated heterocycles. The number of halogens is 1. The van der Waals surface area contributed by atoms with E-state index >= 15 is 0 Å². The minimum absolute atomic E-state index is 0. The van der Waals surface area contributed by atoms with Crippen molar-refractivity contribution in [2.75, 3.05) is 16.3 Å². The molecule has 0 spiro atoms. The number of nitrogens with one attached hydrogen (secondary N) is 2. The monoisotopic (exact) mass is 401 g/mol. The quantitative estimate of drug-likeness (QED) is 0.693. The third-order valence-corrected chi connectivity index (χ3v) is 4.57. The van der Waals surface area contributed by atoms with Crippen LogP contribution < -0.4 is 15.8 Å². The van der Waals surface area contributed by atoms with Crippen molar-refractivity contribution in [1.29, 1.82) is 0 Å². The zero-order valence-electron chi connectivity index (χ0n) is 14.3. The molecule has 0 bridgehead atoms. The fourth-order valence-corrected chi connectivity index (χ4v) is 3.18. The highest BCUT2D eigenvalue weighted by Crippen LogP contribution is 2.38. The maximum absolute atomic E-state index is 11.6. The van der Waals surface area contributed by atoms with Gasteiger partial charge < -0.3 is 15.6 Å². The molecule has 4 N–H and O–H groups in total. The summed E-state index contributed by atoms with van der Waals surface area (Å²) in [7, 11) is -3.51. The van der Waals surface area contributed by atoms with E-state index in [0.29, 0.717) is 17.1 Å². The lowest BCUT2D eigenvalue weighted by atomic mass is 9.77. The van der Waals surface area contributed by atoms with Gasteiger partial charge in [0, 0.05) is 12.6 Å². The van der Waals surface area contributed by atoms with E-state index in [1.807, 2.05) is 0 Å². The molecule has 3 rings (SSSR count). The van der Waals surface area contributed by atoms with Crippen LogP contribution in [0, 0.1) is 0 Å². The van der Waals surface area contributed by atoms with Crippen molar-refractivity contribution in [3.8, 4) is 11.5 Å². The third-order valence-electron chi connectivity index (χ3n) is 3.98. The Balaban J connectivity index is 0.00000243. The van der Waals surface area contributed by atoms with Gasteiger partial charge >= 0.3 is 0 Å². The molecule has 26 heavy (non-hydrogen) atoms. The lowest BCUT2D eigenvalue weighted by molar-refractivity contribution is -0.114. The van der Waals surface area contributed by atoms with E-state index in [9.17, 15) is 13.2 Å². The molecule has 1 fully saturated rings. The Morgan fingerprint density at radius 1 is 1.35 bits per heavy atom. The number of hydrogen-bond donors (Lipinski definition) is 3. The zero-order chi connectivity index (χ0) is 18.2. The number of sulfonamides is 1. The van der Waals surface area contributed by atoms with Crippen LogP contribution in [-0.2, 0) is 20.4 Å². The van der Waals surface area contributed by atoms with Gasteiger partial charge in [-0.15, -0.1) is 12.4 Å². The van der Waals surface area contributed by atoms with E-state index in [0.717, 1.165) is 25.5 Å². The third kappa shape index (κ3) is 4.32. The van der Waals surface area contributed by atoms with Crippen LogP contribution in [0.1, 0.15) is 32.0 Å². The molecule has 142 valence electrons. The first-order chi connectivity index (χ1) is 11.7. The Hall–Kier alpha value is -2.17. The van der Waals surface area contributed by atoms with E-state index in [1.165, 1.54) is 13.0 Å². The summed E-state index contributed by atoms with van der Waals surface area (Å²) in [5, 5.41) is 6.57. The van der Waals surface area contributed by atoms with Crippen LogP contribution in [-0.4, -0.2) is 30.7 Å². The minimum Gasteiger partial charge on any atom is -0.334 e. The lowest BCUT2D eigenvalue weighted by Gasteiger charge is -2.34. The summed E-state index contributed by atoms with van der Waals surface area (Å²) in [4.78, 5) is 15.6. The van der Waals surface area contributed by atoms with E-state index in [4.69, 9.17) is 10.3 Å². The summed E-state index contributed by atoms with van der Waals surface area (Å²) in [5.41, 5.74) is 6.71. The Labute approximate surface area is 157 Å². The minimum atomic E-state index is -3.51. The Bertz CT molecular complexity index is 924. The van der Waals surface area contributed by atoms with Crippen LogP contribution >= 0.6 is 12.4 Å². The number of aromatic nitrogens is 2. The smallest absolute Gasteiger partial charge is 0.260 e. The van der Waals surface area contributed by atoms with Crippen molar-refractivity contribution in [2.45, 2.75) is 31.7 Å². The molecule has 1 saturated carbocycles. The highest BCUT2D eigenvalue weighted by Gasteiger charge is 2.39. The van der Waals surface area contributed by atoms with Gasteiger partial charge in [0.25, 0.3) is 5.89 Å². The van der Waals surface area contributed by atoms with Gasteiger partial charge in [-0.1, -0.05) is 5.16 Å². The molecule has 11 heteroatoms. The molecule has 1 amide bonds. The molecular formula is C15H20ClN5O4S. The predicted molar refractivity (Wildman–Crippen MR) is 99.5 cm³/mol. The van der Waals surface area contributed by atoms with Crippen molar-refractivity contribution >= 4 is 39.7 Å². The molecule has 1 heterocycles. The topological polar surface area (TPSA) is 140 Å². The van der Waals surface area contributed by atoms with Gasteiger partial charge in [0.05, 0.1) is 23.0 Å². The van der Waals surface area contributed by atoms with Gasteiger partial charge in [-0.2, -0.15) is 4.98 Å². The average molecular weight is 402 g/mol. The molecular weight excluding hydrogens is 382 g/mol. The van der Waals surface area contributed by atoms with Crippen LogP contribution in [0.2, 0.25) is 0 Å². The maximum Gasteiger partial charge on any atom is 0.260 e. The second-order valence-electron chi connectivity index (χ2n) is 6.25. The molecule has 0 atom stereocenters. The Morgan fingerprint density at radius 3 is 2.58 bits per heavy atom. The normalized spacial score (nSPS) is 15.5. The average Bonchev–Trinajstić information content (AvgIpc) is 2.94. The number of carbonyl (C=O) groups is 1. The molecule has 2 aromatic rings. The fourth-order valence-electron chi connectivity index (χ4n) is 2.61. The highest BCUT2D eigenvalue weighted by molar-refractivity contribution is 7.92. The van der Waals surface area contributed by atoms with Gasteiger partial charge in [0.1, 0.15) is 0 Å². The molecule has 0 aliphatic heterocycles. The first-order valence-corrected chi connectivity index (χ1v) is 9.58. The molecule has 1 aromatic carbocycles. The molecule has 1 aromatic heterocycles. The van der Waals surface area contributed by atoms with E-state index in [1.54, 1.807) is 12.1 Å². The number of nitrogens with zero attached hydrogens (tertiary/aromatic N) is 2. The van der Waals surface area contributed by atoms with Crippen molar-refractivity contribution in [3.05, 3.63) is 24.0 Å². The van der Waals surface area contributed by atoms with Gasteiger partial charge in [-0.3, -0.25) is 9.52 Å². The fraction of sp³-hybridized carbons (Fsp3) is 0.400. The maximum atomic E-state index is 11.6. The number of rotatable bonds is 5. The van der Waals surface area contributed by atoms with E-state index in [-0.39, 0.29) is 29.9 Å². The van der Waals surface area contributed by atoms with Crippen molar-refractivity contribution in [2.24, 2.45) is 5.73 Å². The molecule has 9 nitrogen and oxygen atoms in total. The predicted octanol–water partition coefficient (Wildman–Crippen LogP) is 1.83. The highest BCUT2D eigenvalue weighted by atomic mass is 35.5. The zero-order valence-corrected chi connectivity index (χ0v) is 15.9. The van der Waals surface area contributed by atoms with Crippen LogP contribution in [0.15, 0.2) is 22.7 Å². The van der Waals surface area contributed by atoms with Crippen LogP contribution in [0.4, 0.5) is 11.4 Å². The number of amides is 1. The summed E-state index contributed by atoms with van der Waals surface area (Å²) < 4.78 is 30.9. The number of carbonyl (C=O) groups excluding carboxylic acids is 1. The van der Waals surface area contributed by atoms with Crippen molar-refractivity contribution in [3.63, 3.8) is 0 Å². The van der Waals surface area contributed by atoms with Gasteiger partial charge in [-0.05, 0) is 37.5 Å². The summed E-state index contributed by atoms with van der Waals surface area (Å²) in [6.45, 7) is 1.38. The molecule has 0 unspecified atom stereocenters. The Morgan fingerprint density at radius 2 is 2.04 bits per heavy atom. The first kappa shape index (κ1) is 20.1. The summed E-state index contributed by atoms with van der Waals surface area (Å²) in [5.74, 6) is 0.269. The number of benzene rings is 1. The second kappa shape index (κ2) is 7.22. The summed E-state index contributed by atoms with van der Waals surface area (Å²) in [6, 6.07) is 4.66. The van der Waals surface area contributed by atoms with Gasteiger partial charge in [0.2, 0.25) is 15.9 Å². The largest absolute Gasteiger partial charge is 0.334 e. The lowest BCUT2D eigenvalue weighted by Crippen LogP contribution is -2.44. The number of anilines is 2. The van der Waals surface area contributed by atoms with Crippen LogP contribution in [0.5, 0.6) is 0 Å². The van der Waals surface area contributed by atoms with Gasteiger partial charge in [-0.25, -0.2) is 8.42 Å². The SMILES string of the molecule is CC(=O)Nc1ccc(NS(C)(=O)=O)c(-c2nc(C3(N)CCC3)no2)c1.Cl. The number of hydrogen-bond acceptors (Lipinski definition) is 7. The van der Waals surface area contributed by atoms with E-state index in [2.05, 4.69) is 20.2 Å². The molecule has 0 radical (unpaired) electrons. The second-order valence-corrected chi connectivity index (χ2v) is 8.00. The van der Waals surface area contributed by atoms with Crippen LogP contribution in [0.25, 0.3) is 11.5 Å². The van der Waals surface area contributed by atoms with Crippen LogP contribution in [0.3, 0.4) is 0 Å². The summed E-state index contributed by atoms with van der Waals surface area (Å²) >= 11 is 0. The number of nitrogens with two attached hydrogens (primary N) is 1. The Kier molecular flexibility index (Phi) is 5.59.